The average Bonchev–Trinajstić information content (AvgIpc) is 2.57. The summed E-state index contributed by atoms with van der Waals surface area (Å²) in [6.07, 6.45) is 0.595. The second-order valence-corrected chi connectivity index (χ2v) is 2.93. The Hall–Kier alpha value is -1.38. The molecule has 0 fully saturated rings. The van der Waals surface area contributed by atoms with E-state index in [0.29, 0.717) is 18.9 Å². The number of aliphatic imine (C=N–C) groups is 1. The standard InChI is InChI=1S/C10H10FNO/c11-9-3-1-2-8(6-9)7-10-12-4-5-13-10/h1-3,6H,4-5,7H2. The Bertz CT molecular complexity index is 335. The quantitative estimate of drug-likeness (QED) is 0.678. The smallest absolute Gasteiger partial charge is 0.187 e. The van der Waals surface area contributed by atoms with Gasteiger partial charge in [-0.15, -0.1) is 0 Å². The van der Waals surface area contributed by atoms with Crippen LogP contribution in [-0.2, 0) is 11.2 Å². The highest BCUT2D eigenvalue weighted by atomic mass is 19.1. The van der Waals surface area contributed by atoms with E-state index in [9.17, 15) is 4.39 Å². The van der Waals surface area contributed by atoms with Crippen LogP contribution in [0.2, 0.25) is 0 Å². The van der Waals surface area contributed by atoms with Crippen molar-refractivity contribution in [1.82, 2.24) is 0 Å². The molecule has 1 aromatic rings. The van der Waals surface area contributed by atoms with Gasteiger partial charge in [-0.3, -0.25) is 4.99 Å². The fourth-order valence-electron chi connectivity index (χ4n) is 1.31. The first-order valence-electron chi connectivity index (χ1n) is 4.25. The molecule has 1 heterocycles. The fourth-order valence-corrected chi connectivity index (χ4v) is 1.31. The summed E-state index contributed by atoms with van der Waals surface area (Å²) in [5.74, 6) is 0.502. The van der Waals surface area contributed by atoms with E-state index in [-0.39, 0.29) is 5.82 Å². The molecule has 0 saturated carbocycles. The summed E-state index contributed by atoms with van der Waals surface area (Å²) < 4.78 is 18.0. The fraction of sp³-hybridized carbons (Fsp3) is 0.300. The maximum Gasteiger partial charge on any atom is 0.187 e. The minimum absolute atomic E-state index is 0.212. The van der Waals surface area contributed by atoms with Crippen LogP contribution in [0.1, 0.15) is 5.56 Å². The number of hydrogen-bond acceptors (Lipinski definition) is 2. The second kappa shape index (κ2) is 3.56. The van der Waals surface area contributed by atoms with Gasteiger partial charge in [0.25, 0.3) is 0 Å². The van der Waals surface area contributed by atoms with Crippen LogP contribution in [0, 0.1) is 5.82 Å². The van der Waals surface area contributed by atoms with Crippen molar-refractivity contribution in [2.24, 2.45) is 4.99 Å². The first-order valence-corrected chi connectivity index (χ1v) is 4.25. The Morgan fingerprint density at radius 3 is 3.08 bits per heavy atom. The third-order valence-electron chi connectivity index (χ3n) is 1.89. The topological polar surface area (TPSA) is 21.6 Å². The molecule has 1 aliphatic heterocycles. The maximum atomic E-state index is 12.8. The molecule has 0 atom stereocenters. The zero-order valence-corrected chi connectivity index (χ0v) is 7.16. The van der Waals surface area contributed by atoms with Crippen LogP contribution in [-0.4, -0.2) is 19.0 Å². The van der Waals surface area contributed by atoms with E-state index < -0.39 is 0 Å². The molecular formula is C10H10FNO. The average molecular weight is 179 g/mol. The van der Waals surface area contributed by atoms with Gasteiger partial charge >= 0.3 is 0 Å². The van der Waals surface area contributed by atoms with Gasteiger partial charge in [0, 0.05) is 6.42 Å². The number of benzene rings is 1. The van der Waals surface area contributed by atoms with E-state index in [2.05, 4.69) is 4.99 Å². The van der Waals surface area contributed by atoms with E-state index in [1.165, 1.54) is 12.1 Å². The zero-order valence-electron chi connectivity index (χ0n) is 7.16. The lowest BCUT2D eigenvalue weighted by molar-refractivity contribution is 0.341. The molecule has 13 heavy (non-hydrogen) atoms. The Kier molecular flexibility index (Phi) is 2.25. The Morgan fingerprint density at radius 1 is 1.46 bits per heavy atom. The zero-order chi connectivity index (χ0) is 9.10. The third-order valence-corrected chi connectivity index (χ3v) is 1.89. The third kappa shape index (κ3) is 2.05. The Balaban J connectivity index is 2.09. The lowest BCUT2D eigenvalue weighted by Gasteiger charge is -2.01. The first kappa shape index (κ1) is 8.23. The summed E-state index contributed by atoms with van der Waals surface area (Å²) >= 11 is 0. The van der Waals surface area contributed by atoms with Gasteiger partial charge in [-0.2, -0.15) is 0 Å². The molecule has 1 aliphatic rings. The molecule has 3 heteroatoms. The SMILES string of the molecule is Fc1cccc(CC2=NCCO2)c1. The number of ether oxygens (including phenoxy) is 1. The van der Waals surface area contributed by atoms with Gasteiger partial charge in [-0.1, -0.05) is 12.1 Å². The number of rotatable bonds is 2. The molecule has 2 nitrogen and oxygen atoms in total. The highest BCUT2D eigenvalue weighted by Crippen LogP contribution is 2.07. The monoisotopic (exact) mass is 179 g/mol. The van der Waals surface area contributed by atoms with Crippen molar-refractivity contribution in [2.45, 2.75) is 6.42 Å². The molecule has 1 aromatic carbocycles. The molecule has 2 rings (SSSR count). The molecule has 0 radical (unpaired) electrons. The molecule has 0 N–H and O–H groups in total. The molecule has 0 bridgehead atoms. The van der Waals surface area contributed by atoms with Gasteiger partial charge in [0.05, 0.1) is 6.54 Å². The van der Waals surface area contributed by atoms with Crippen molar-refractivity contribution < 1.29 is 9.13 Å². The highest BCUT2D eigenvalue weighted by Gasteiger charge is 2.07. The molecule has 0 unspecified atom stereocenters. The van der Waals surface area contributed by atoms with E-state index in [1.54, 1.807) is 6.07 Å². The van der Waals surface area contributed by atoms with Crippen LogP contribution in [0.5, 0.6) is 0 Å². The minimum atomic E-state index is -0.212. The van der Waals surface area contributed by atoms with Gasteiger partial charge in [0.15, 0.2) is 5.90 Å². The van der Waals surface area contributed by atoms with E-state index in [4.69, 9.17) is 4.74 Å². The molecule has 0 saturated heterocycles. The van der Waals surface area contributed by atoms with Crippen molar-refractivity contribution in [3.8, 4) is 0 Å². The largest absolute Gasteiger partial charge is 0.479 e. The number of halogens is 1. The van der Waals surface area contributed by atoms with Gasteiger partial charge in [0.2, 0.25) is 0 Å². The molecule has 0 aliphatic carbocycles. The Morgan fingerprint density at radius 2 is 2.38 bits per heavy atom. The summed E-state index contributed by atoms with van der Waals surface area (Å²) in [4.78, 5) is 4.13. The van der Waals surface area contributed by atoms with Gasteiger partial charge in [-0.05, 0) is 17.7 Å². The number of nitrogens with zero attached hydrogens (tertiary/aromatic N) is 1. The van der Waals surface area contributed by atoms with Crippen LogP contribution in [0.3, 0.4) is 0 Å². The molecule has 0 spiro atoms. The number of hydrogen-bond donors (Lipinski definition) is 0. The minimum Gasteiger partial charge on any atom is -0.479 e. The van der Waals surface area contributed by atoms with Crippen molar-refractivity contribution >= 4 is 5.90 Å². The van der Waals surface area contributed by atoms with Gasteiger partial charge in [-0.25, -0.2) is 4.39 Å². The summed E-state index contributed by atoms with van der Waals surface area (Å²) in [5.41, 5.74) is 0.903. The van der Waals surface area contributed by atoms with Crippen LogP contribution in [0.15, 0.2) is 29.3 Å². The molecule has 0 amide bonds. The normalized spacial score (nSPS) is 15.3. The van der Waals surface area contributed by atoms with Crippen molar-refractivity contribution in [3.05, 3.63) is 35.6 Å². The van der Waals surface area contributed by atoms with Crippen molar-refractivity contribution in [2.75, 3.05) is 13.2 Å². The summed E-state index contributed by atoms with van der Waals surface area (Å²) in [6.45, 7) is 1.38. The molecule has 0 aromatic heterocycles. The first-order chi connectivity index (χ1) is 6.34. The van der Waals surface area contributed by atoms with E-state index in [1.807, 2.05) is 6.07 Å². The van der Waals surface area contributed by atoms with Crippen molar-refractivity contribution in [1.29, 1.82) is 0 Å². The second-order valence-electron chi connectivity index (χ2n) is 2.93. The maximum absolute atomic E-state index is 12.8. The van der Waals surface area contributed by atoms with E-state index in [0.717, 1.165) is 12.1 Å². The van der Waals surface area contributed by atoms with Crippen LogP contribution in [0.4, 0.5) is 4.39 Å². The Labute approximate surface area is 76.1 Å². The predicted molar refractivity (Wildman–Crippen MR) is 48.4 cm³/mol. The summed E-state index contributed by atoms with van der Waals surface area (Å²) in [6, 6.07) is 6.50. The van der Waals surface area contributed by atoms with E-state index >= 15 is 0 Å². The summed E-state index contributed by atoms with van der Waals surface area (Å²) in [5, 5.41) is 0. The predicted octanol–water partition coefficient (Wildman–Crippen LogP) is 1.80. The van der Waals surface area contributed by atoms with Crippen LogP contribution < -0.4 is 0 Å². The van der Waals surface area contributed by atoms with Gasteiger partial charge < -0.3 is 4.74 Å². The lowest BCUT2D eigenvalue weighted by atomic mass is 10.1. The van der Waals surface area contributed by atoms with Crippen LogP contribution >= 0.6 is 0 Å². The van der Waals surface area contributed by atoms with Gasteiger partial charge in [0.1, 0.15) is 12.4 Å². The van der Waals surface area contributed by atoms with Crippen molar-refractivity contribution in [3.63, 3.8) is 0 Å². The molecule has 68 valence electrons. The molecular weight excluding hydrogens is 169 g/mol. The lowest BCUT2D eigenvalue weighted by Crippen LogP contribution is -2.03. The summed E-state index contributed by atoms with van der Waals surface area (Å²) in [7, 11) is 0. The highest BCUT2D eigenvalue weighted by molar-refractivity contribution is 5.79. The van der Waals surface area contributed by atoms with Crippen LogP contribution in [0.25, 0.3) is 0 Å².